The molecule has 17 heavy (non-hydrogen) atoms. The second-order valence-electron chi connectivity index (χ2n) is 4.38. The molecule has 0 atom stereocenters. The molecule has 2 aromatic heterocycles. The first-order valence-electron chi connectivity index (χ1n) is 5.77. The van der Waals surface area contributed by atoms with Gasteiger partial charge in [-0.25, -0.2) is 0 Å². The molecule has 0 spiro atoms. The minimum Gasteiger partial charge on any atom is -0.476 e. The first-order valence-corrected chi connectivity index (χ1v) is 5.77. The lowest BCUT2D eigenvalue weighted by Crippen LogP contribution is -2.03. The van der Waals surface area contributed by atoms with Gasteiger partial charge < -0.3 is 4.74 Å². The number of imidazole rings is 1. The van der Waals surface area contributed by atoms with E-state index in [1.54, 1.807) is 10.6 Å². The number of rotatable bonds is 5. The number of ether oxygens (including phenoxy) is 1. The molecule has 0 unspecified atom stereocenters. The number of nitrogens with zero attached hydrogens (tertiary/aromatic N) is 2. The van der Waals surface area contributed by atoms with Crippen molar-refractivity contribution in [3.8, 4) is 5.88 Å². The molecule has 4 heteroatoms. The van der Waals surface area contributed by atoms with Crippen LogP contribution in [0.1, 0.15) is 30.8 Å². The lowest BCUT2D eigenvalue weighted by atomic mass is 10.1. The quantitative estimate of drug-likeness (QED) is 0.744. The number of carbonyl (C=O) groups is 1. The van der Waals surface area contributed by atoms with Crippen LogP contribution >= 0.6 is 0 Å². The molecule has 0 aliphatic carbocycles. The maximum Gasteiger partial charge on any atom is 0.243 e. The molecule has 2 heterocycles. The topological polar surface area (TPSA) is 43.6 Å². The number of pyridine rings is 1. The third-order valence-electron chi connectivity index (χ3n) is 2.58. The van der Waals surface area contributed by atoms with Crippen LogP contribution in [-0.2, 0) is 0 Å². The molecular weight excluding hydrogens is 216 g/mol. The Balaban J connectivity index is 2.24. The first kappa shape index (κ1) is 11.6. The van der Waals surface area contributed by atoms with E-state index in [4.69, 9.17) is 4.74 Å². The van der Waals surface area contributed by atoms with Crippen LogP contribution in [0.2, 0.25) is 0 Å². The number of aldehydes is 1. The van der Waals surface area contributed by atoms with Crippen molar-refractivity contribution in [1.82, 2.24) is 9.38 Å². The van der Waals surface area contributed by atoms with Crippen LogP contribution < -0.4 is 4.74 Å². The average molecular weight is 232 g/mol. The number of hydrogen-bond donors (Lipinski definition) is 0. The van der Waals surface area contributed by atoms with E-state index >= 15 is 0 Å². The van der Waals surface area contributed by atoms with E-state index < -0.39 is 0 Å². The van der Waals surface area contributed by atoms with Crippen LogP contribution in [0, 0.1) is 5.92 Å². The third-order valence-corrected chi connectivity index (χ3v) is 2.58. The summed E-state index contributed by atoms with van der Waals surface area (Å²) in [6, 6.07) is 5.59. The van der Waals surface area contributed by atoms with E-state index in [1.807, 2.05) is 18.2 Å². The van der Waals surface area contributed by atoms with Gasteiger partial charge in [0.05, 0.1) is 6.61 Å². The molecule has 0 saturated heterocycles. The van der Waals surface area contributed by atoms with Crippen LogP contribution in [0.5, 0.6) is 5.88 Å². The highest BCUT2D eigenvalue weighted by atomic mass is 16.5. The zero-order valence-corrected chi connectivity index (χ0v) is 10.1. The molecule has 0 bridgehead atoms. The molecular formula is C13H16N2O2. The van der Waals surface area contributed by atoms with Gasteiger partial charge in [-0.05, 0) is 24.5 Å². The van der Waals surface area contributed by atoms with Gasteiger partial charge in [-0.1, -0.05) is 19.9 Å². The number of hydrogen-bond acceptors (Lipinski definition) is 3. The summed E-state index contributed by atoms with van der Waals surface area (Å²) in [4.78, 5) is 15.3. The predicted molar refractivity (Wildman–Crippen MR) is 65.5 cm³/mol. The van der Waals surface area contributed by atoms with Crippen LogP contribution in [0.3, 0.4) is 0 Å². The Morgan fingerprint density at radius 2 is 2.29 bits per heavy atom. The molecule has 0 saturated carbocycles. The zero-order chi connectivity index (χ0) is 12.3. The van der Waals surface area contributed by atoms with Crippen LogP contribution in [-0.4, -0.2) is 22.3 Å². The molecule has 0 radical (unpaired) electrons. The molecule has 0 aliphatic heterocycles. The number of carbonyl (C=O) groups excluding carboxylic acids is 1. The second-order valence-corrected chi connectivity index (χ2v) is 4.38. The SMILES string of the molecule is CC(C)CCOc1nc2ccccn2c1C=O. The Kier molecular flexibility index (Phi) is 3.42. The Hall–Kier alpha value is -1.84. The molecule has 0 fully saturated rings. The standard InChI is InChI=1S/C13H16N2O2/c1-10(2)6-8-17-13-11(9-16)15-7-4-3-5-12(15)14-13/h3-5,7,9-10H,6,8H2,1-2H3. The van der Waals surface area contributed by atoms with Crippen molar-refractivity contribution in [2.24, 2.45) is 5.92 Å². The van der Waals surface area contributed by atoms with Crippen molar-refractivity contribution in [1.29, 1.82) is 0 Å². The van der Waals surface area contributed by atoms with Gasteiger partial charge in [-0.15, -0.1) is 0 Å². The highest BCUT2D eigenvalue weighted by Crippen LogP contribution is 2.18. The van der Waals surface area contributed by atoms with Gasteiger partial charge in [0.15, 0.2) is 6.29 Å². The highest BCUT2D eigenvalue weighted by molar-refractivity contribution is 5.78. The van der Waals surface area contributed by atoms with Crippen molar-refractivity contribution >= 4 is 11.9 Å². The summed E-state index contributed by atoms with van der Waals surface area (Å²) in [5, 5.41) is 0. The molecule has 0 aromatic carbocycles. The summed E-state index contributed by atoms with van der Waals surface area (Å²) in [5.74, 6) is 0.999. The molecule has 0 amide bonds. The molecule has 0 aliphatic rings. The van der Waals surface area contributed by atoms with Crippen molar-refractivity contribution < 1.29 is 9.53 Å². The van der Waals surface area contributed by atoms with Gasteiger partial charge in [-0.3, -0.25) is 9.20 Å². The Morgan fingerprint density at radius 3 is 3.00 bits per heavy atom. The van der Waals surface area contributed by atoms with Crippen molar-refractivity contribution in [2.45, 2.75) is 20.3 Å². The molecule has 2 aromatic rings. The summed E-state index contributed by atoms with van der Waals surface area (Å²) in [5.41, 5.74) is 1.21. The first-order chi connectivity index (χ1) is 8.22. The van der Waals surface area contributed by atoms with Gasteiger partial charge in [0.1, 0.15) is 11.3 Å². The maximum absolute atomic E-state index is 11.1. The summed E-state index contributed by atoms with van der Waals surface area (Å²) in [6.07, 6.45) is 3.54. The van der Waals surface area contributed by atoms with E-state index in [9.17, 15) is 4.79 Å². The van der Waals surface area contributed by atoms with Crippen molar-refractivity contribution in [2.75, 3.05) is 6.61 Å². The number of aromatic nitrogens is 2. The Labute approximate surface area is 100 Å². The fourth-order valence-corrected chi connectivity index (χ4v) is 1.60. The monoisotopic (exact) mass is 232 g/mol. The predicted octanol–water partition coefficient (Wildman–Crippen LogP) is 2.57. The van der Waals surface area contributed by atoms with Crippen molar-refractivity contribution in [3.05, 3.63) is 30.1 Å². The largest absolute Gasteiger partial charge is 0.476 e. The second kappa shape index (κ2) is 4.99. The number of fused-ring (bicyclic) bond motifs is 1. The van der Waals surface area contributed by atoms with E-state index in [-0.39, 0.29) is 0 Å². The van der Waals surface area contributed by atoms with Gasteiger partial charge in [0, 0.05) is 6.20 Å². The van der Waals surface area contributed by atoms with Crippen LogP contribution in [0.25, 0.3) is 5.65 Å². The van der Waals surface area contributed by atoms with E-state index in [0.29, 0.717) is 24.1 Å². The summed E-state index contributed by atoms with van der Waals surface area (Å²) in [6.45, 7) is 4.85. The highest BCUT2D eigenvalue weighted by Gasteiger charge is 2.12. The minimum absolute atomic E-state index is 0.423. The van der Waals surface area contributed by atoms with E-state index in [0.717, 1.165) is 18.4 Å². The van der Waals surface area contributed by atoms with Gasteiger partial charge in [0.25, 0.3) is 0 Å². The van der Waals surface area contributed by atoms with Gasteiger partial charge in [-0.2, -0.15) is 4.98 Å². The van der Waals surface area contributed by atoms with Crippen molar-refractivity contribution in [3.63, 3.8) is 0 Å². The van der Waals surface area contributed by atoms with Gasteiger partial charge >= 0.3 is 0 Å². The van der Waals surface area contributed by atoms with E-state index in [1.165, 1.54) is 0 Å². The van der Waals surface area contributed by atoms with Crippen LogP contribution in [0.15, 0.2) is 24.4 Å². The summed E-state index contributed by atoms with van der Waals surface area (Å²) in [7, 11) is 0. The lowest BCUT2D eigenvalue weighted by molar-refractivity contribution is 0.111. The van der Waals surface area contributed by atoms with Crippen LogP contribution in [0.4, 0.5) is 0 Å². The van der Waals surface area contributed by atoms with E-state index in [2.05, 4.69) is 18.8 Å². The Morgan fingerprint density at radius 1 is 1.47 bits per heavy atom. The van der Waals surface area contributed by atoms with Gasteiger partial charge in [0.2, 0.25) is 5.88 Å². The zero-order valence-electron chi connectivity index (χ0n) is 10.1. The molecule has 2 rings (SSSR count). The fraction of sp³-hybridized carbons (Fsp3) is 0.385. The normalized spacial score (nSPS) is 11.0. The fourth-order valence-electron chi connectivity index (χ4n) is 1.60. The smallest absolute Gasteiger partial charge is 0.243 e. The molecule has 90 valence electrons. The Bertz CT molecular complexity index is 517. The summed E-state index contributed by atoms with van der Waals surface area (Å²) < 4.78 is 7.29. The summed E-state index contributed by atoms with van der Waals surface area (Å²) >= 11 is 0. The average Bonchev–Trinajstić information content (AvgIpc) is 2.66. The molecule has 4 nitrogen and oxygen atoms in total. The third kappa shape index (κ3) is 2.46. The lowest BCUT2D eigenvalue weighted by Gasteiger charge is -2.05. The maximum atomic E-state index is 11.1. The minimum atomic E-state index is 0.423. The molecule has 0 N–H and O–H groups in total.